The van der Waals surface area contributed by atoms with Gasteiger partial charge >= 0.3 is 0 Å². The van der Waals surface area contributed by atoms with E-state index in [0.29, 0.717) is 41.9 Å². The third-order valence-electron chi connectivity index (χ3n) is 4.56. The molecule has 0 atom stereocenters. The number of aliphatic imine (C=N–C) groups is 1. The highest BCUT2D eigenvalue weighted by Gasteiger charge is 2.34. The van der Waals surface area contributed by atoms with Gasteiger partial charge in [0.1, 0.15) is 0 Å². The Kier molecular flexibility index (Phi) is 9.22. The smallest absolute Gasteiger partial charge is 0.261 e. The lowest BCUT2D eigenvalue weighted by atomic mass is 10.1. The lowest BCUT2D eigenvalue weighted by Gasteiger charge is -2.13. The van der Waals surface area contributed by atoms with Crippen molar-refractivity contribution in [2.24, 2.45) is 10.7 Å². The van der Waals surface area contributed by atoms with Gasteiger partial charge in [-0.3, -0.25) is 19.5 Å². The number of amides is 2. The van der Waals surface area contributed by atoms with E-state index >= 15 is 0 Å². The number of rotatable bonds is 10. The fourth-order valence-corrected chi connectivity index (χ4v) is 3.83. The van der Waals surface area contributed by atoms with E-state index in [9.17, 15) is 9.59 Å². The lowest BCUT2D eigenvalue weighted by Crippen LogP contribution is -2.30. The van der Waals surface area contributed by atoms with Gasteiger partial charge in [-0.05, 0) is 31.4 Å². The van der Waals surface area contributed by atoms with Gasteiger partial charge in [-0.2, -0.15) is 0 Å². The monoisotopic (exact) mass is 451 g/mol. The van der Waals surface area contributed by atoms with Crippen molar-refractivity contribution in [1.82, 2.24) is 9.88 Å². The number of nitrogens with two attached hydrogens (primary N) is 1. The minimum absolute atomic E-state index is 0. The van der Waals surface area contributed by atoms with Gasteiger partial charge in [0.25, 0.3) is 11.8 Å². The van der Waals surface area contributed by atoms with Gasteiger partial charge in [0.15, 0.2) is 11.1 Å². The maximum absolute atomic E-state index is 12.3. The largest absolute Gasteiger partial charge is 0.383 e. The Bertz CT molecular complexity index is 867. The number of aryl methyl sites for hydroxylation is 1. The number of imide groups is 1. The lowest BCUT2D eigenvalue weighted by molar-refractivity contribution is 0.0651. The summed E-state index contributed by atoms with van der Waals surface area (Å²) in [6, 6.07) is 6.98. The molecule has 2 aromatic rings. The molecule has 30 heavy (non-hydrogen) atoms. The summed E-state index contributed by atoms with van der Waals surface area (Å²) >= 11 is 1.48. The average molecular weight is 452 g/mol. The first-order valence-corrected chi connectivity index (χ1v) is 10.4. The molecule has 1 aliphatic heterocycles. The Hall–Kier alpha value is -2.49. The molecule has 2 heterocycles. The average Bonchev–Trinajstić information content (AvgIpc) is 3.26. The first-order valence-electron chi connectivity index (χ1n) is 9.55. The van der Waals surface area contributed by atoms with Gasteiger partial charge in [-0.15, -0.1) is 23.7 Å². The summed E-state index contributed by atoms with van der Waals surface area (Å²) in [5.74, 6) is -0.0555. The molecule has 3 N–H and O–H groups in total. The number of carbonyl (C=O) groups excluding carboxylic acids is 2. The van der Waals surface area contributed by atoms with Crippen molar-refractivity contribution in [2.45, 2.75) is 25.7 Å². The minimum atomic E-state index is -0.189. The number of thiazole rings is 1. The highest BCUT2D eigenvalue weighted by Crippen LogP contribution is 2.23. The van der Waals surface area contributed by atoms with E-state index in [1.807, 2.05) is 5.38 Å². The summed E-state index contributed by atoms with van der Waals surface area (Å²) < 4.78 is 4.93. The van der Waals surface area contributed by atoms with Crippen LogP contribution in [0.1, 0.15) is 45.7 Å². The molecular weight excluding hydrogens is 426 g/mol. The summed E-state index contributed by atoms with van der Waals surface area (Å²) in [4.78, 5) is 34.6. The van der Waals surface area contributed by atoms with Crippen LogP contribution in [-0.4, -0.2) is 54.5 Å². The number of fused-ring (bicyclic) bond motifs is 1. The molecule has 3 rings (SSSR count). The molecule has 1 aliphatic rings. The molecule has 2 amide bonds. The number of anilines is 1. The summed E-state index contributed by atoms with van der Waals surface area (Å²) in [6.07, 6.45) is 3.46. The molecule has 0 fully saturated rings. The van der Waals surface area contributed by atoms with Crippen LogP contribution in [0.3, 0.4) is 0 Å². The maximum Gasteiger partial charge on any atom is 0.261 e. The van der Waals surface area contributed by atoms with E-state index in [1.165, 1.54) is 16.2 Å². The molecule has 0 unspecified atom stereocenters. The molecule has 0 spiro atoms. The zero-order valence-electron chi connectivity index (χ0n) is 16.8. The number of guanidine groups is 1. The third-order valence-corrected chi connectivity index (χ3v) is 5.36. The highest BCUT2D eigenvalue weighted by molar-refractivity contribution is 7.13. The Morgan fingerprint density at radius 2 is 1.90 bits per heavy atom. The molecule has 1 aromatic carbocycles. The van der Waals surface area contributed by atoms with E-state index < -0.39 is 0 Å². The molecule has 0 saturated heterocycles. The van der Waals surface area contributed by atoms with Crippen LogP contribution in [0.4, 0.5) is 5.13 Å². The number of aromatic nitrogens is 1. The number of halogens is 1. The summed E-state index contributed by atoms with van der Waals surface area (Å²) in [7, 11) is 1.62. The van der Waals surface area contributed by atoms with Gasteiger partial charge in [0, 0.05) is 19.0 Å². The summed E-state index contributed by atoms with van der Waals surface area (Å²) in [5.41, 5.74) is 7.80. The Labute approximate surface area is 185 Å². The van der Waals surface area contributed by atoms with E-state index in [4.69, 9.17) is 10.5 Å². The molecule has 162 valence electrons. The molecule has 0 bridgehead atoms. The Morgan fingerprint density at radius 3 is 2.57 bits per heavy atom. The number of hydrogen-bond donors (Lipinski definition) is 2. The minimum Gasteiger partial charge on any atom is -0.383 e. The number of benzene rings is 1. The summed E-state index contributed by atoms with van der Waals surface area (Å²) in [6.45, 7) is 1.47. The number of unbranched alkanes of at least 4 members (excludes halogenated alkanes) is 2. The van der Waals surface area contributed by atoms with E-state index in [2.05, 4.69) is 15.3 Å². The number of nitrogens with one attached hydrogen (secondary N) is 1. The first-order chi connectivity index (χ1) is 14.1. The van der Waals surface area contributed by atoms with Crippen LogP contribution in [0, 0.1) is 0 Å². The fourth-order valence-electron chi connectivity index (χ4n) is 3.08. The van der Waals surface area contributed by atoms with Crippen molar-refractivity contribution in [3.05, 3.63) is 46.5 Å². The van der Waals surface area contributed by atoms with Gasteiger partial charge in [0.2, 0.25) is 0 Å². The highest BCUT2D eigenvalue weighted by atomic mass is 35.5. The van der Waals surface area contributed by atoms with Gasteiger partial charge < -0.3 is 15.8 Å². The van der Waals surface area contributed by atoms with Crippen LogP contribution in [0.15, 0.2) is 34.6 Å². The zero-order valence-corrected chi connectivity index (χ0v) is 18.4. The quantitative estimate of drug-likeness (QED) is 0.249. The van der Waals surface area contributed by atoms with Crippen LogP contribution in [0.5, 0.6) is 0 Å². The second-order valence-corrected chi connectivity index (χ2v) is 7.51. The zero-order chi connectivity index (χ0) is 20.6. The van der Waals surface area contributed by atoms with Crippen LogP contribution < -0.4 is 11.1 Å². The Balaban J connectivity index is 0.00000320. The predicted octanol–water partition coefficient (Wildman–Crippen LogP) is 2.95. The molecule has 0 saturated carbocycles. The van der Waals surface area contributed by atoms with Crippen molar-refractivity contribution in [3.63, 3.8) is 0 Å². The van der Waals surface area contributed by atoms with Crippen molar-refractivity contribution < 1.29 is 14.3 Å². The van der Waals surface area contributed by atoms with Crippen LogP contribution in [-0.2, 0) is 11.2 Å². The van der Waals surface area contributed by atoms with Gasteiger partial charge in [-0.25, -0.2) is 4.98 Å². The van der Waals surface area contributed by atoms with Crippen LogP contribution >= 0.6 is 23.7 Å². The topological polar surface area (TPSA) is 110 Å². The van der Waals surface area contributed by atoms with Crippen molar-refractivity contribution in [3.8, 4) is 0 Å². The van der Waals surface area contributed by atoms with E-state index in [0.717, 1.165) is 31.4 Å². The number of methoxy groups -OCH3 is 1. The Morgan fingerprint density at radius 1 is 1.20 bits per heavy atom. The molecular formula is C20H26ClN5O3S. The molecule has 1 aromatic heterocycles. The molecule has 0 radical (unpaired) electrons. The van der Waals surface area contributed by atoms with Gasteiger partial charge in [0.05, 0.1) is 30.0 Å². The number of ether oxygens (including phenoxy) is 1. The van der Waals surface area contributed by atoms with E-state index in [1.54, 1.807) is 31.4 Å². The summed E-state index contributed by atoms with van der Waals surface area (Å²) in [5, 5.41) is 5.68. The molecule has 10 heteroatoms. The van der Waals surface area contributed by atoms with Crippen LogP contribution in [0.25, 0.3) is 0 Å². The molecule has 8 nitrogen and oxygen atoms in total. The molecule has 0 aliphatic carbocycles. The van der Waals surface area contributed by atoms with Crippen LogP contribution in [0.2, 0.25) is 0 Å². The van der Waals surface area contributed by atoms with Crippen molar-refractivity contribution in [1.29, 1.82) is 0 Å². The SMILES string of the molecule is COCC/N=C(/N)Nc1nc(CCCCCN2C(=O)c3ccccc3C2=O)cs1.Cl. The van der Waals surface area contributed by atoms with Crippen molar-refractivity contribution >= 4 is 46.6 Å². The predicted molar refractivity (Wildman–Crippen MR) is 121 cm³/mol. The number of nitrogens with zero attached hydrogens (tertiary/aromatic N) is 3. The first kappa shape index (κ1) is 23.8. The third kappa shape index (κ3) is 6.01. The second-order valence-electron chi connectivity index (χ2n) is 6.65. The fraction of sp³-hybridized carbons (Fsp3) is 0.400. The van der Waals surface area contributed by atoms with Crippen molar-refractivity contribution in [2.75, 3.05) is 32.1 Å². The standard InChI is InChI=1S/C20H25N5O3S.ClH/c1-28-12-10-22-19(21)24-20-23-14(13-29-20)7-3-2-6-11-25-17(26)15-8-4-5-9-16(15)18(25)27;/h4-5,8-9,13H,2-3,6-7,10-12H2,1H3,(H3,21,22,23,24);1H. The number of carbonyl (C=O) groups is 2. The number of hydrogen-bond acceptors (Lipinski definition) is 6. The van der Waals surface area contributed by atoms with E-state index in [-0.39, 0.29) is 24.2 Å². The second kappa shape index (κ2) is 11.6. The normalized spacial score (nSPS) is 13.4. The van der Waals surface area contributed by atoms with Gasteiger partial charge in [-0.1, -0.05) is 18.6 Å². The maximum atomic E-state index is 12.3.